The van der Waals surface area contributed by atoms with Crippen LogP contribution in [0.5, 0.6) is 11.6 Å². The van der Waals surface area contributed by atoms with Crippen molar-refractivity contribution in [2.24, 2.45) is 0 Å². The van der Waals surface area contributed by atoms with Crippen molar-refractivity contribution >= 4 is 17.5 Å². The van der Waals surface area contributed by atoms with Crippen LogP contribution in [0.25, 0.3) is 0 Å². The van der Waals surface area contributed by atoms with Crippen LogP contribution in [0.4, 0.5) is 20.7 Å². The topological polar surface area (TPSA) is 79.4 Å². The highest BCUT2D eigenvalue weighted by molar-refractivity contribution is 5.88. The number of nitrogens with zero attached hydrogens (tertiary/aromatic N) is 3. The zero-order valence-electron chi connectivity index (χ0n) is 16.3. The summed E-state index contributed by atoms with van der Waals surface area (Å²) >= 11 is 0. The third-order valence-electron chi connectivity index (χ3n) is 4.72. The molecule has 0 unspecified atom stereocenters. The first-order valence-corrected chi connectivity index (χ1v) is 9.80. The van der Waals surface area contributed by atoms with Crippen LogP contribution in [0.1, 0.15) is 18.4 Å². The third kappa shape index (κ3) is 5.22. The number of aromatic nitrogens is 2. The number of hydrogen-bond donors (Lipinski definition) is 2. The molecule has 1 fully saturated rings. The minimum Gasteiger partial charge on any atom is -0.439 e. The molecular weight excluding hydrogens is 385 g/mol. The van der Waals surface area contributed by atoms with E-state index in [0.29, 0.717) is 23.9 Å². The average Bonchev–Trinajstić information content (AvgIpc) is 3.31. The molecule has 2 N–H and O–H groups in total. The van der Waals surface area contributed by atoms with Gasteiger partial charge in [0.15, 0.2) is 0 Å². The van der Waals surface area contributed by atoms with Gasteiger partial charge in [-0.2, -0.15) is 0 Å². The number of rotatable bonds is 6. The van der Waals surface area contributed by atoms with Crippen molar-refractivity contribution in [2.75, 3.05) is 23.3 Å². The Morgan fingerprint density at radius 2 is 1.80 bits per heavy atom. The molecule has 154 valence electrons. The van der Waals surface area contributed by atoms with Gasteiger partial charge in [0.05, 0.1) is 11.9 Å². The Labute approximate surface area is 173 Å². The van der Waals surface area contributed by atoms with Crippen LogP contribution in [-0.4, -0.2) is 29.1 Å². The Morgan fingerprint density at radius 3 is 2.47 bits per heavy atom. The van der Waals surface area contributed by atoms with Gasteiger partial charge in [0.2, 0.25) is 5.88 Å². The SMILES string of the molecule is O=C(NCc1ccc(N2CCCC2)nc1)Nc1ccc(Oc2ccc(F)cc2)nc1. The van der Waals surface area contributed by atoms with Gasteiger partial charge in [-0.25, -0.2) is 19.2 Å². The monoisotopic (exact) mass is 407 g/mol. The number of carbonyl (C=O) groups excluding carboxylic acids is 1. The molecule has 1 aliphatic heterocycles. The minimum atomic E-state index is -0.340. The van der Waals surface area contributed by atoms with Gasteiger partial charge in [-0.1, -0.05) is 6.07 Å². The molecule has 0 atom stereocenters. The second kappa shape index (κ2) is 9.21. The van der Waals surface area contributed by atoms with Gasteiger partial charge in [0.25, 0.3) is 0 Å². The highest BCUT2D eigenvalue weighted by atomic mass is 19.1. The summed E-state index contributed by atoms with van der Waals surface area (Å²) in [4.78, 5) is 23.0. The van der Waals surface area contributed by atoms with Gasteiger partial charge in [-0.15, -0.1) is 0 Å². The van der Waals surface area contributed by atoms with Gasteiger partial charge in [-0.05, 0) is 54.8 Å². The Morgan fingerprint density at radius 1 is 1.00 bits per heavy atom. The molecule has 7 nitrogen and oxygen atoms in total. The fraction of sp³-hybridized carbons (Fsp3) is 0.227. The van der Waals surface area contributed by atoms with Crippen LogP contribution in [0.15, 0.2) is 60.9 Å². The summed E-state index contributed by atoms with van der Waals surface area (Å²) in [6.45, 7) is 2.47. The predicted molar refractivity (Wildman–Crippen MR) is 112 cm³/mol. The summed E-state index contributed by atoms with van der Waals surface area (Å²) in [6.07, 6.45) is 5.70. The minimum absolute atomic E-state index is 0.334. The second-order valence-corrected chi connectivity index (χ2v) is 6.97. The van der Waals surface area contributed by atoms with Crippen LogP contribution in [0.2, 0.25) is 0 Å². The quantitative estimate of drug-likeness (QED) is 0.636. The number of anilines is 2. The van der Waals surface area contributed by atoms with E-state index in [1.165, 1.54) is 43.3 Å². The largest absolute Gasteiger partial charge is 0.439 e. The number of carbonyl (C=O) groups is 1. The van der Waals surface area contributed by atoms with Gasteiger partial charge in [-0.3, -0.25) is 0 Å². The summed E-state index contributed by atoms with van der Waals surface area (Å²) in [5.74, 6) is 1.47. The summed E-state index contributed by atoms with van der Waals surface area (Å²) in [5.41, 5.74) is 1.45. The molecule has 2 aromatic heterocycles. The van der Waals surface area contributed by atoms with Crippen molar-refractivity contribution < 1.29 is 13.9 Å². The normalized spacial score (nSPS) is 13.2. The molecule has 0 aliphatic carbocycles. The summed E-state index contributed by atoms with van der Waals surface area (Å²) in [6, 6.07) is 12.6. The van der Waals surface area contributed by atoms with Gasteiger partial charge in [0, 0.05) is 31.9 Å². The maximum absolute atomic E-state index is 12.9. The number of hydrogen-bond acceptors (Lipinski definition) is 5. The van der Waals surface area contributed by atoms with Crippen molar-refractivity contribution in [1.82, 2.24) is 15.3 Å². The van der Waals surface area contributed by atoms with Crippen molar-refractivity contribution in [1.29, 1.82) is 0 Å². The van der Waals surface area contributed by atoms with Crippen molar-refractivity contribution in [3.63, 3.8) is 0 Å². The number of urea groups is 1. The van der Waals surface area contributed by atoms with E-state index < -0.39 is 0 Å². The maximum atomic E-state index is 12.9. The number of halogens is 1. The summed E-state index contributed by atoms with van der Waals surface area (Å²) in [5, 5.41) is 5.52. The molecule has 4 rings (SSSR count). The predicted octanol–water partition coefficient (Wildman–Crippen LogP) is 4.33. The molecule has 1 aromatic carbocycles. The lowest BCUT2D eigenvalue weighted by atomic mass is 10.3. The van der Waals surface area contributed by atoms with Crippen molar-refractivity contribution in [2.45, 2.75) is 19.4 Å². The Bertz CT molecular complexity index is 972. The van der Waals surface area contributed by atoms with E-state index in [-0.39, 0.29) is 11.8 Å². The molecule has 8 heteroatoms. The highest BCUT2D eigenvalue weighted by Crippen LogP contribution is 2.21. The molecule has 2 amide bonds. The van der Waals surface area contributed by atoms with Crippen LogP contribution < -0.4 is 20.3 Å². The number of amides is 2. The Balaban J connectivity index is 1.25. The first-order chi connectivity index (χ1) is 14.7. The number of nitrogens with one attached hydrogen (secondary N) is 2. The highest BCUT2D eigenvalue weighted by Gasteiger charge is 2.13. The maximum Gasteiger partial charge on any atom is 0.319 e. The fourth-order valence-corrected chi connectivity index (χ4v) is 3.15. The zero-order chi connectivity index (χ0) is 20.8. The molecule has 1 aliphatic rings. The zero-order valence-corrected chi connectivity index (χ0v) is 16.3. The molecule has 3 heterocycles. The third-order valence-corrected chi connectivity index (χ3v) is 4.72. The fourth-order valence-electron chi connectivity index (χ4n) is 3.15. The van der Waals surface area contributed by atoms with E-state index in [1.807, 2.05) is 12.1 Å². The van der Waals surface area contributed by atoms with E-state index in [2.05, 4.69) is 25.5 Å². The van der Waals surface area contributed by atoms with Crippen LogP contribution in [0, 0.1) is 5.82 Å². The van der Waals surface area contributed by atoms with E-state index in [1.54, 1.807) is 18.3 Å². The van der Waals surface area contributed by atoms with Crippen molar-refractivity contribution in [3.05, 3.63) is 72.3 Å². The lowest BCUT2D eigenvalue weighted by Gasteiger charge is -2.16. The molecule has 3 aromatic rings. The Kier molecular flexibility index (Phi) is 6.03. The number of ether oxygens (including phenoxy) is 1. The van der Waals surface area contributed by atoms with Gasteiger partial charge < -0.3 is 20.3 Å². The van der Waals surface area contributed by atoms with E-state index in [4.69, 9.17) is 4.74 Å². The first kappa shape index (κ1) is 19.6. The molecule has 0 bridgehead atoms. The van der Waals surface area contributed by atoms with E-state index in [0.717, 1.165) is 24.5 Å². The lowest BCUT2D eigenvalue weighted by Crippen LogP contribution is -2.28. The number of benzene rings is 1. The average molecular weight is 407 g/mol. The lowest BCUT2D eigenvalue weighted by molar-refractivity contribution is 0.251. The van der Waals surface area contributed by atoms with Gasteiger partial charge >= 0.3 is 6.03 Å². The molecule has 1 saturated heterocycles. The first-order valence-electron chi connectivity index (χ1n) is 9.80. The number of pyridine rings is 2. The summed E-state index contributed by atoms with van der Waals surface area (Å²) < 4.78 is 18.5. The second-order valence-electron chi connectivity index (χ2n) is 6.97. The van der Waals surface area contributed by atoms with Crippen LogP contribution in [-0.2, 0) is 6.54 Å². The van der Waals surface area contributed by atoms with E-state index in [9.17, 15) is 9.18 Å². The molecule has 0 saturated carbocycles. The standard InChI is InChI=1S/C22H22FN5O2/c23-17-4-7-19(8-5-17)30-21-10-6-18(15-25-21)27-22(29)26-14-16-3-9-20(24-13-16)28-11-1-2-12-28/h3-10,13,15H,1-2,11-12,14H2,(H2,26,27,29). The van der Waals surface area contributed by atoms with Gasteiger partial charge in [0.1, 0.15) is 17.4 Å². The van der Waals surface area contributed by atoms with Crippen LogP contribution >= 0.6 is 0 Å². The van der Waals surface area contributed by atoms with E-state index >= 15 is 0 Å². The molecule has 0 radical (unpaired) electrons. The Hall–Kier alpha value is -3.68. The summed E-state index contributed by atoms with van der Waals surface area (Å²) in [7, 11) is 0. The van der Waals surface area contributed by atoms with Crippen molar-refractivity contribution in [3.8, 4) is 11.6 Å². The molecule has 30 heavy (non-hydrogen) atoms. The smallest absolute Gasteiger partial charge is 0.319 e. The van der Waals surface area contributed by atoms with Crippen LogP contribution in [0.3, 0.4) is 0 Å². The molecule has 0 spiro atoms. The molecular formula is C22H22FN5O2.